The molecule has 0 aromatic heterocycles. The number of hydrogen-bond donors (Lipinski definition) is 1. The number of benzene rings is 2. The Kier molecular flexibility index (Phi) is 7.82. The molecule has 2 aromatic carbocycles. The molecule has 6 nitrogen and oxygen atoms in total. The highest BCUT2D eigenvalue weighted by Gasteiger charge is 2.20. The van der Waals surface area contributed by atoms with E-state index in [1.807, 2.05) is 54.6 Å². The van der Waals surface area contributed by atoms with Gasteiger partial charge in [0.25, 0.3) is 0 Å². The van der Waals surface area contributed by atoms with Crippen LogP contribution in [0.25, 0.3) is 0 Å². The maximum Gasteiger partial charge on any atom is 0.235 e. The van der Waals surface area contributed by atoms with E-state index in [0.29, 0.717) is 25.1 Å². The van der Waals surface area contributed by atoms with Crippen LogP contribution in [0.3, 0.4) is 0 Å². The monoisotopic (exact) mass is 390 g/mol. The number of ether oxygens (including phenoxy) is 1. The molecule has 1 N–H and O–H groups in total. The number of methoxy groups -OCH3 is 1. The van der Waals surface area contributed by atoms with E-state index in [4.69, 9.17) is 4.74 Å². The van der Waals surface area contributed by atoms with Crippen molar-refractivity contribution in [2.45, 2.75) is 12.8 Å². The molecule has 0 spiro atoms. The zero-order valence-corrected chi connectivity index (χ0v) is 16.5. The Hall–Kier alpha value is -2.38. The van der Waals surface area contributed by atoms with Gasteiger partial charge < -0.3 is 10.1 Å². The third-order valence-electron chi connectivity index (χ3n) is 4.19. The van der Waals surface area contributed by atoms with Crippen molar-refractivity contribution in [1.82, 2.24) is 9.62 Å². The molecule has 2 aromatic rings. The number of sulfonamides is 1. The average molecular weight is 391 g/mol. The quantitative estimate of drug-likeness (QED) is 0.672. The molecular weight excluding hydrogens is 364 g/mol. The predicted molar refractivity (Wildman–Crippen MR) is 106 cm³/mol. The highest BCUT2D eigenvalue weighted by molar-refractivity contribution is 7.88. The minimum Gasteiger partial charge on any atom is -0.496 e. The Balaban J connectivity index is 1.89. The summed E-state index contributed by atoms with van der Waals surface area (Å²) in [5.74, 6) is 0.398. The van der Waals surface area contributed by atoms with Gasteiger partial charge in [0, 0.05) is 13.1 Å². The van der Waals surface area contributed by atoms with Gasteiger partial charge in [-0.15, -0.1) is 0 Å². The van der Waals surface area contributed by atoms with Crippen LogP contribution in [0.2, 0.25) is 0 Å². The molecule has 0 atom stereocenters. The standard InChI is InChI=1S/C20H26N2O4S/c1-26-19-11-7-6-10-18(19)13-15-22(27(2,24)25)16-20(23)21-14-12-17-8-4-3-5-9-17/h3-11H,12-16H2,1-2H3,(H,21,23). The van der Waals surface area contributed by atoms with Gasteiger partial charge in [-0.1, -0.05) is 48.5 Å². The van der Waals surface area contributed by atoms with Crippen LogP contribution in [0.4, 0.5) is 0 Å². The van der Waals surface area contributed by atoms with E-state index < -0.39 is 10.0 Å². The summed E-state index contributed by atoms with van der Waals surface area (Å²) in [5.41, 5.74) is 2.02. The van der Waals surface area contributed by atoms with Gasteiger partial charge in [0.1, 0.15) is 5.75 Å². The first-order chi connectivity index (χ1) is 12.9. The highest BCUT2D eigenvalue weighted by Crippen LogP contribution is 2.18. The Labute approximate surface area is 161 Å². The number of para-hydroxylation sites is 1. The van der Waals surface area contributed by atoms with Crippen LogP contribution >= 0.6 is 0 Å². The first-order valence-electron chi connectivity index (χ1n) is 8.78. The van der Waals surface area contributed by atoms with Crippen molar-refractivity contribution < 1.29 is 17.9 Å². The molecule has 0 aliphatic rings. The maximum absolute atomic E-state index is 12.2. The first-order valence-corrected chi connectivity index (χ1v) is 10.6. The number of carbonyl (C=O) groups is 1. The lowest BCUT2D eigenvalue weighted by Crippen LogP contribution is -2.41. The van der Waals surface area contributed by atoms with E-state index in [1.165, 1.54) is 4.31 Å². The molecule has 2 rings (SSSR count). The largest absolute Gasteiger partial charge is 0.496 e. The Morgan fingerprint density at radius 1 is 1.04 bits per heavy atom. The van der Waals surface area contributed by atoms with E-state index in [0.717, 1.165) is 17.4 Å². The molecule has 0 fully saturated rings. The first kappa shape index (κ1) is 20.9. The molecule has 0 saturated carbocycles. The van der Waals surface area contributed by atoms with Crippen LogP contribution in [0.5, 0.6) is 5.75 Å². The molecule has 0 heterocycles. The van der Waals surface area contributed by atoms with Crippen molar-refractivity contribution in [3.63, 3.8) is 0 Å². The van der Waals surface area contributed by atoms with Gasteiger partial charge in [-0.05, 0) is 30.0 Å². The lowest BCUT2D eigenvalue weighted by molar-refractivity contribution is -0.121. The number of amides is 1. The van der Waals surface area contributed by atoms with E-state index in [9.17, 15) is 13.2 Å². The molecule has 0 saturated heterocycles. The normalized spacial score (nSPS) is 11.4. The van der Waals surface area contributed by atoms with Crippen LogP contribution in [0.1, 0.15) is 11.1 Å². The summed E-state index contributed by atoms with van der Waals surface area (Å²) < 4.78 is 30.6. The van der Waals surface area contributed by atoms with Crippen LogP contribution in [0.15, 0.2) is 54.6 Å². The van der Waals surface area contributed by atoms with Gasteiger partial charge in [0.2, 0.25) is 15.9 Å². The predicted octanol–water partition coefficient (Wildman–Crippen LogP) is 1.86. The fourth-order valence-electron chi connectivity index (χ4n) is 2.72. The minimum atomic E-state index is -3.50. The molecule has 0 radical (unpaired) electrons. The van der Waals surface area contributed by atoms with Crippen molar-refractivity contribution in [2.24, 2.45) is 0 Å². The van der Waals surface area contributed by atoms with Crippen LogP contribution < -0.4 is 10.1 Å². The smallest absolute Gasteiger partial charge is 0.235 e. The van der Waals surface area contributed by atoms with Gasteiger partial charge in [0.05, 0.1) is 19.9 Å². The van der Waals surface area contributed by atoms with Crippen LogP contribution in [-0.2, 0) is 27.7 Å². The Bertz CT molecular complexity index is 838. The molecular formula is C20H26N2O4S. The fourth-order valence-corrected chi connectivity index (χ4v) is 3.50. The number of rotatable bonds is 10. The van der Waals surface area contributed by atoms with Crippen LogP contribution in [0, 0.1) is 0 Å². The second-order valence-corrected chi connectivity index (χ2v) is 8.23. The third-order valence-corrected chi connectivity index (χ3v) is 5.44. The van der Waals surface area contributed by atoms with E-state index in [2.05, 4.69) is 5.32 Å². The number of carbonyl (C=O) groups excluding carboxylic acids is 1. The van der Waals surface area contributed by atoms with E-state index >= 15 is 0 Å². The lowest BCUT2D eigenvalue weighted by Gasteiger charge is -2.20. The number of nitrogens with one attached hydrogen (secondary N) is 1. The molecule has 0 aliphatic carbocycles. The lowest BCUT2D eigenvalue weighted by atomic mass is 10.1. The second kappa shape index (κ2) is 10.1. The maximum atomic E-state index is 12.2. The minimum absolute atomic E-state index is 0.192. The number of hydrogen-bond acceptors (Lipinski definition) is 4. The Morgan fingerprint density at radius 2 is 1.70 bits per heavy atom. The Morgan fingerprint density at radius 3 is 2.37 bits per heavy atom. The van der Waals surface area contributed by atoms with Crippen molar-refractivity contribution in [3.8, 4) is 5.75 Å². The van der Waals surface area contributed by atoms with Gasteiger partial charge in [-0.25, -0.2) is 8.42 Å². The van der Waals surface area contributed by atoms with Crippen molar-refractivity contribution in [2.75, 3.05) is 33.0 Å². The molecule has 7 heteroatoms. The van der Waals surface area contributed by atoms with Gasteiger partial charge in [0.15, 0.2) is 0 Å². The molecule has 0 aliphatic heterocycles. The van der Waals surface area contributed by atoms with E-state index in [1.54, 1.807) is 7.11 Å². The van der Waals surface area contributed by atoms with Crippen molar-refractivity contribution >= 4 is 15.9 Å². The van der Waals surface area contributed by atoms with Gasteiger partial charge in [-0.2, -0.15) is 4.31 Å². The molecule has 1 amide bonds. The topological polar surface area (TPSA) is 75.7 Å². The van der Waals surface area contributed by atoms with Gasteiger partial charge in [-0.3, -0.25) is 4.79 Å². The highest BCUT2D eigenvalue weighted by atomic mass is 32.2. The van der Waals surface area contributed by atoms with E-state index in [-0.39, 0.29) is 19.0 Å². The summed E-state index contributed by atoms with van der Waals surface area (Å²) in [7, 11) is -1.92. The average Bonchev–Trinajstić information content (AvgIpc) is 2.65. The zero-order valence-electron chi connectivity index (χ0n) is 15.7. The molecule has 0 bridgehead atoms. The number of nitrogens with zero attached hydrogens (tertiary/aromatic N) is 1. The second-order valence-electron chi connectivity index (χ2n) is 6.24. The summed E-state index contributed by atoms with van der Waals surface area (Å²) in [6.45, 7) is 0.487. The fraction of sp³-hybridized carbons (Fsp3) is 0.350. The molecule has 146 valence electrons. The summed E-state index contributed by atoms with van der Waals surface area (Å²) in [4.78, 5) is 12.2. The summed E-state index contributed by atoms with van der Waals surface area (Å²) in [6, 6.07) is 17.3. The van der Waals surface area contributed by atoms with Crippen LogP contribution in [-0.4, -0.2) is 51.6 Å². The summed E-state index contributed by atoms with van der Waals surface area (Å²) in [6.07, 6.45) is 2.29. The summed E-state index contributed by atoms with van der Waals surface area (Å²) >= 11 is 0. The molecule has 0 unspecified atom stereocenters. The van der Waals surface area contributed by atoms with Gasteiger partial charge >= 0.3 is 0 Å². The van der Waals surface area contributed by atoms with Crippen molar-refractivity contribution in [3.05, 3.63) is 65.7 Å². The third kappa shape index (κ3) is 7.03. The molecule has 27 heavy (non-hydrogen) atoms. The summed E-state index contributed by atoms with van der Waals surface area (Å²) in [5, 5.41) is 2.78. The SMILES string of the molecule is COc1ccccc1CCN(CC(=O)NCCc1ccccc1)S(C)(=O)=O. The zero-order chi connectivity index (χ0) is 19.7. The van der Waals surface area contributed by atoms with Crippen molar-refractivity contribution in [1.29, 1.82) is 0 Å².